The molecule has 4 aromatic heterocycles. The first-order valence-electron chi connectivity index (χ1n) is 5.65. The average molecular weight is 235 g/mol. The van der Waals surface area contributed by atoms with Crippen LogP contribution in [-0.4, -0.2) is 24.2 Å². The standard InChI is InChI=1S/C13H9N5/c1-3-10-5-7-15-18(10)12(4-1)11-9-16-17-8-2-6-14-13(11)17/h1-9H. The number of aromatic nitrogens is 5. The van der Waals surface area contributed by atoms with Crippen LogP contribution in [0.1, 0.15) is 0 Å². The first-order valence-corrected chi connectivity index (χ1v) is 5.65. The Balaban J connectivity index is 2.10. The molecular weight excluding hydrogens is 226 g/mol. The van der Waals surface area contributed by atoms with Crippen LogP contribution < -0.4 is 0 Å². The van der Waals surface area contributed by atoms with Crippen molar-refractivity contribution in [1.29, 1.82) is 0 Å². The zero-order valence-corrected chi connectivity index (χ0v) is 9.43. The lowest BCUT2D eigenvalue weighted by Gasteiger charge is -2.02. The minimum Gasteiger partial charge on any atom is -0.236 e. The Morgan fingerprint density at radius 1 is 0.944 bits per heavy atom. The van der Waals surface area contributed by atoms with Gasteiger partial charge in [-0.15, -0.1) is 0 Å². The zero-order chi connectivity index (χ0) is 11.9. The number of nitrogens with zero attached hydrogens (tertiary/aromatic N) is 5. The molecule has 0 fully saturated rings. The van der Waals surface area contributed by atoms with E-state index in [9.17, 15) is 0 Å². The Hall–Kier alpha value is -2.69. The summed E-state index contributed by atoms with van der Waals surface area (Å²) in [4.78, 5) is 4.37. The molecule has 4 heterocycles. The fourth-order valence-electron chi connectivity index (χ4n) is 2.16. The molecule has 0 amide bonds. The molecular formula is C13H9N5. The van der Waals surface area contributed by atoms with E-state index < -0.39 is 0 Å². The summed E-state index contributed by atoms with van der Waals surface area (Å²) < 4.78 is 3.66. The third-order valence-electron chi connectivity index (χ3n) is 2.98. The summed E-state index contributed by atoms with van der Waals surface area (Å²) in [5.41, 5.74) is 3.86. The maximum absolute atomic E-state index is 4.37. The van der Waals surface area contributed by atoms with Crippen molar-refractivity contribution in [1.82, 2.24) is 24.2 Å². The summed E-state index contributed by atoms with van der Waals surface area (Å²) in [6.45, 7) is 0. The van der Waals surface area contributed by atoms with Crippen LogP contribution in [0.5, 0.6) is 0 Å². The van der Waals surface area contributed by atoms with Crippen LogP contribution in [-0.2, 0) is 0 Å². The second-order valence-corrected chi connectivity index (χ2v) is 4.03. The molecule has 0 bridgehead atoms. The van der Waals surface area contributed by atoms with Gasteiger partial charge in [-0.25, -0.2) is 14.0 Å². The quantitative estimate of drug-likeness (QED) is 0.507. The lowest BCUT2D eigenvalue weighted by Crippen LogP contribution is -1.94. The highest BCUT2D eigenvalue weighted by Crippen LogP contribution is 2.23. The van der Waals surface area contributed by atoms with Gasteiger partial charge in [-0.05, 0) is 24.3 Å². The van der Waals surface area contributed by atoms with Crippen molar-refractivity contribution >= 4 is 11.2 Å². The Morgan fingerprint density at radius 2 is 1.94 bits per heavy atom. The minimum atomic E-state index is 0.834. The van der Waals surface area contributed by atoms with Crippen molar-refractivity contribution in [2.45, 2.75) is 0 Å². The molecule has 5 nitrogen and oxygen atoms in total. The Kier molecular flexibility index (Phi) is 1.77. The van der Waals surface area contributed by atoms with E-state index in [4.69, 9.17) is 0 Å². The predicted octanol–water partition coefficient (Wildman–Crippen LogP) is 2.04. The highest BCUT2D eigenvalue weighted by molar-refractivity contribution is 5.76. The van der Waals surface area contributed by atoms with E-state index in [1.54, 1.807) is 16.9 Å². The van der Waals surface area contributed by atoms with Crippen molar-refractivity contribution in [2.75, 3.05) is 0 Å². The maximum Gasteiger partial charge on any atom is 0.164 e. The summed E-state index contributed by atoms with van der Waals surface area (Å²) >= 11 is 0. The summed E-state index contributed by atoms with van der Waals surface area (Å²) in [5, 5.41) is 8.63. The van der Waals surface area contributed by atoms with Crippen LogP contribution >= 0.6 is 0 Å². The fourth-order valence-corrected chi connectivity index (χ4v) is 2.16. The smallest absolute Gasteiger partial charge is 0.164 e. The number of pyridine rings is 1. The Labute approximate surface area is 102 Å². The number of fused-ring (bicyclic) bond motifs is 2. The van der Waals surface area contributed by atoms with Gasteiger partial charge in [0.25, 0.3) is 0 Å². The van der Waals surface area contributed by atoms with Gasteiger partial charge < -0.3 is 0 Å². The molecule has 0 saturated heterocycles. The first-order chi connectivity index (χ1) is 8.93. The molecule has 0 unspecified atom stereocenters. The molecule has 4 aromatic rings. The van der Waals surface area contributed by atoms with Gasteiger partial charge in [0.05, 0.1) is 29.2 Å². The van der Waals surface area contributed by atoms with Crippen LogP contribution in [0.25, 0.3) is 22.4 Å². The highest BCUT2D eigenvalue weighted by Gasteiger charge is 2.10. The fraction of sp³-hybridized carbons (Fsp3) is 0. The van der Waals surface area contributed by atoms with Crippen molar-refractivity contribution in [3.8, 4) is 11.3 Å². The second-order valence-electron chi connectivity index (χ2n) is 4.03. The van der Waals surface area contributed by atoms with E-state index in [-0.39, 0.29) is 0 Å². The van der Waals surface area contributed by atoms with Gasteiger partial charge in [0.1, 0.15) is 0 Å². The lowest BCUT2D eigenvalue weighted by molar-refractivity contribution is 0.939. The number of rotatable bonds is 1. The minimum absolute atomic E-state index is 0.834. The normalized spacial score (nSPS) is 11.3. The number of hydrogen-bond acceptors (Lipinski definition) is 3. The monoisotopic (exact) mass is 235 g/mol. The Bertz CT molecular complexity index is 842. The molecule has 5 heteroatoms. The summed E-state index contributed by atoms with van der Waals surface area (Å²) in [6.07, 6.45) is 7.26. The molecule has 0 N–H and O–H groups in total. The van der Waals surface area contributed by atoms with Gasteiger partial charge in [0.2, 0.25) is 0 Å². The van der Waals surface area contributed by atoms with Gasteiger partial charge in [0, 0.05) is 12.4 Å². The summed E-state index contributed by atoms with van der Waals surface area (Å²) in [6, 6.07) is 9.89. The van der Waals surface area contributed by atoms with E-state index in [2.05, 4.69) is 15.2 Å². The van der Waals surface area contributed by atoms with Gasteiger partial charge >= 0.3 is 0 Å². The average Bonchev–Trinajstić information content (AvgIpc) is 3.05. The van der Waals surface area contributed by atoms with E-state index in [0.717, 1.165) is 22.4 Å². The highest BCUT2D eigenvalue weighted by atomic mass is 15.3. The molecule has 0 radical (unpaired) electrons. The molecule has 4 rings (SSSR count). The second kappa shape index (κ2) is 3.40. The summed E-state index contributed by atoms with van der Waals surface area (Å²) in [5.74, 6) is 0. The zero-order valence-electron chi connectivity index (χ0n) is 9.43. The molecule has 0 aliphatic carbocycles. The SMILES string of the molecule is c1cc(-c2cnn3cccnc23)n2nccc2c1. The van der Waals surface area contributed by atoms with Crippen LogP contribution in [0.4, 0.5) is 0 Å². The predicted molar refractivity (Wildman–Crippen MR) is 67.2 cm³/mol. The molecule has 86 valence electrons. The molecule has 0 aliphatic rings. The third-order valence-corrected chi connectivity index (χ3v) is 2.98. The lowest BCUT2D eigenvalue weighted by atomic mass is 10.2. The molecule has 0 aromatic carbocycles. The van der Waals surface area contributed by atoms with E-state index >= 15 is 0 Å². The van der Waals surface area contributed by atoms with Crippen LogP contribution in [0.3, 0.4) is 0 Å². The summed E-state index contributed by atoms with van der Waals surface area (Å²) in [7, 11) is 0. The van der Waals surface area contributed by atoms with Gasteiger partial charge in [-0.3, -0.25) is 0 Å². The van der Waals surface area contributed by atoms with Crippen molar-refractivity contribution in [3.05, 3.63) is 55.1 Å². The van der Waals surface area contributed by atoms with Crippen LogP contribution in [0, 0.1) is 0 Å². The van der Waals surface area contributed by atoms with Gasteiger partial charge in [0.15, 0.2) is 5.65 Å². The largest absolute Gasteiger partial charge is 0.236 e. The Morgan fingerprint density at radius 3 is 2.94 bits per heavy atom. The third kappa shape index (κ3) is 1.18. The van der Waals surface area contributed by atoms with Crippen LogP contribution in [0.15, 0.2) is 55.1 Å². The molecule has 0 aliphatic heterocycles. The molecule has 0 saturated carbocycles. The van der Waals surface area contributed by atoms with Crippen LogP contribution in [0.2, 0.25) is 0 Å². The van der Waals surface area contributed by atoms with E-state index in [1.807, 2.05) is 47.2 Å². The van der Waals surface area contributed by atoms with Crippen molar-refractivity contribution < 1.29 is 0 Å². The number of hydrogen-bond donors (Lipinski definition) is 0. The van der Waals surface area contributed by atoms with Gasteiger partial charge in [-0.2, -0.15) is 10.2 Å². The van der Waals surface area contributed by atoms with Crippen molar-refractivity contribution in [2.24, 2.45) is 0 Å². The van der Waals surface area contributed by atoms with E-state index in [0.29, 0.717) is 0 Å². The van der Waals surface area contributed by atoms with Gasteiger partial charge in [-0.1, -0.05) is 6.07 Å². The maximum atomic E-state index is 4.37. The van der Waals surface area contributed by atoms with Crippen molar-refractivity contribution in [3.63, 3.8) is 0 Å². The first kappa shape index (κ1) is 9.35. The molecule has 0 spiro atoms. The van der Waals surface area contributed by atoms with E-state index in [1.165, 1.54) is 0 Å². The topological polar surface area (TPSA) is 47.5 Å². The molecule has 0 atom stereocenters. The molecule has 18 heavy (non-hydrogen) atoms.